The highest BCUT2D eigenvalue weighted by Crippen LogP contribution is 2.47. The van der Waals surface area contributed by atoms with Gasteiger partial charge in [-0.3, -0.25) is 29.4 Å². The second-order valence-electron chi connectivity index (χ2n) is 7.75. The maximum absolute atomic E-state index is 13.4. The lowest BCUT2D eigenvalue weighted by Crippen LogP contribution is -2.36. The molecule has 32 heavy (non-hydrogen) atoms. The first-order valence-electron chi connectivity index (χ1n) is 10.2. The maximum atomic E-state index is 13.4. The van der Waals surface area contributed by atoms with E-state index in [9.17, 15) is 19.7 Å². The molecule has 2 amide bonds. The van der Waals surface area contributed by atoms with Crippen LogP contribution in [0.25, 0.3) is 0 Å². The van der Waals surface area contributed by atoms with Crippen molar-refractivity contribution in [2.45, 2.75) is 18.7 Å². The molecule has 0 aromatic heterocycles. The number of likely N-dealkylation sites (tertiary alicyclic amines) is 1. The zero-order valence-electron chi connectivity index (χ0n) is 16.9. The second kappa shape index (κ2) is 7.90. The van der Waals surface area contributed by atoms with Gasteiger partial charge < -0.3 is 0 Å². The minimum Gasteiger partial charge on any atom is -0.275 e. The van der Waals surface area contributed by atoms with Gasteiger partial charge in [-0.2, -0.15) is 0 Å². The predicted molar refractivity (Wildman–Crippen MR) is 115 cm³/mol. The number of hydrogen-bond donors (Lipinski definition) is 0. The number of non-ortho nitro benzene ring substituents is 1. The lowest BCUT2D eigenvalue weighted by atomic mass is 9.90. The Labute approximate surface area is 183 Å². The van der Waals surface area contributed by atoms with Gasteiger partial charge in [0, 0.05) is 12.1 Å². The van der Waals surface area contributed by atoms with Crippen LogP contribution in [0.15, 0.2) is 84.9 Å². The molecule has 3 aromatic rings. The molecule has 8 nitrogen and oxygen atoms in total. The molecule has 2 aliphatic heterocycles. The number of imide groups is 1. The zero-order valence-corrected chi connectivity index (χ0v) is 16.9. The fraction of sp³-hybridized carbons (Fsp3) is 0.167. The highest BCUT2D eigenvalue weighted by molar-refractivity contribution is 6.07. The van der Waals surface area contributed by atoms with Gasteiger partial charge in [0.15, 0.2) is 6.10 Å². The lowest BCUT2D eigenvalue weighted by Gasteiger charge is -2.28. The van der Waals surface area contributed by atoms with Gasteiger partial charge in [-0.15, -0.1) is 0 Å². The van der Waals surface area contributed by atoms with E-state index in [1.165, 1.54) is 17.0 Å². The smallest absolute Gasteiger partial charge is 0.269 e. The van der Waals surface area contributed by atoms with Gasteiger partial charge in [0.1, 0.15) is 5.92 Å². The number of amides is 2. The molecule has 2 fully saturated rings. The predicted octanol–water partition coefficient (Wildman–Crippen LogP) is 3.64. The average Bonchev–Trinajstić information content (AvgIpc) is 3.32. The Hall–Kier alpha value is -4.04. The van der Waals surface area contributed by atoms with Crippen molar-refractivity contribution in [3.05, 3.63) is 106 Å². The molecule has 0 aliphatic carbocycles. The van der Waals surface area contributed by atoms with Crippen LogP contribution in [-0.2, 0) is 21.0 Å². The number of nitrogens with zero attached hydrogens (tertiary/aromatic N) is 3. The number of benzene rings is 3. The van der Waals surface area contributed by atoms with Gasteiger partial charge >= 0.3 is 0 Å². The number of carbonyl (C=O) groups excluding carboxylic acids is 2. The standard InChI is InChI=1S/C24H19N3O5/c28-23-20-21(17-11-13-19(14-12-17)27(30)31)26(18-9-5-2-6-10-18)32-22(20)24(29)25(23)15-16-7-3-1-4-8-16/h1-14,20-22H,15H2/t20-,21-,22+/m0/s1. The molecule has 160 valence electrons. The third kappa shape index (κ3) is 3.30. The average molecular weight is 429 g/mol. The van der Waals surface area contributed by atoms with Gasteiger partial charge in [0.2, 0.25) is 5.91 Å². The van der Waals surface area contributed by atoms with Crippen LogP contribution in [0.2, 0.25) is 0 Å². The number of nitro benzene ring substituents is 1. The zero-order chi connectivity index (χ0) is 22.2. The first-order valence-corrected chi connectivity index (χ1v) is 10.2. The number of anilines is 1. The molecule has 0 N–H and O–H groups in total. The summed E-state index contributed by atoms with van der Waals surface area (Å²) in [5, 5.41) is 12.7. The Morgan fingerprint density at radius 1 is 0.844 bits per heavy atom. The molecule has 3 atom stereocenters. The van der Waals surface area contributed by atoms with Crippen molar-refractivity contribution >= 4 is 23.2 Å². The van der Waals surface area contributed by atoms with E-state index in [0.717, 1.165) is 5.56 Å². The molecule has 0 unspecified atom stereocenters. The van der Waals surface area contributed by atoms with Crippen LogP contribution >= 0.6 is 0 Å². The molecule has 0 radical (unpaired) electrons. The highest BCUT2D eigenvalue weighted by atomic mass is 16.7. The van der Waals surface area contributed by atoms with E-state index in [4.69, 9.17) is 4.84 Å². The van der Waals surface area contributed by atoms with Crippen molar-refractivity contribution in [2.24, 2.45) is 5.92 Å². The molecule has 2 saturated heterocycles. The van der Waals surface area contributed by atoms with Crippen LogP contribution in [0.4, 0.5) is 11.4 Å². The molecular weight excluding hydrogens is 410 g/mol. The highest BCUT2D eigenvalue weighted by Gasteiger charge is 2.59. The van der Waals surface area contributed by atoms with E-state index in [2.05, 4.69) is 0 Å². The molecule has 2 heterocycles. The Morgan fingerprint density at radius 3 is 2.09 bits per heavy atom. The first kappa shape index (κ1) is 19.9. The van der Waals surface area contributed by atoms with E-state index in [1.807, 2.05) is 60.7 Å². The minimum absolute atomic E-state index is 0.0463. The summed E-state index contributed by atoms with van der Waals surface area (Å²) in [6, 6.07) is 23.9. The first-order chi connectivity index (χ1) is 15.5. The Kier molecular flexibility index (Phi) is 4.91. The summed E-state index contributed by atoms with van der Waals surface area (Å²) in [7, 11) is 0. The van der Waals surface area contributed by atoms with Crippen LogP contribution in [0.3, 0.4) is 0 Å². The summed E-state index contributed by atoms with van der Waals surface area (Å²) in [4.78, 5) is 44.5. The van der Waals surface area contributed by atoms with Crippen LogP contribution in [0.1, 0.15) is 17.2 Å². The fourth-order valence-corrected chi connectivity index (χ4v) is 4.32. The van der Waals surface area contributed by atoms with Crippen molar-refractivity contribution in [3.63, 3.8) is 0 Å². The summed E-state index contributed by atoms with van der Waals surface area (Å²) in [6.07, 6.45) is -0.952. The van der Waals surface area contributed by atoms with E-state index < -0.39 is 23.0 Å². The summed E-state index contributed by atoms with van der Waals surface area (Å²) in [5.41, 5.74) is 2.16. The molecule has 0 spiro atoms. The molecule has 0 saturated carbocycles. The Balaban J connectivity index is 1.52. The third-order valence-electron chi connectivity index (χ3n) is 5.85. The van der Waals surface area contributed by atoms with Gasteiger partial charge in [-0.25, -0.2) is 5.06 Å². The van der Waals surface area contributed by atoms with Gasteiger partial charge in [0.05, 0.1) is 23.2 Å². The monoisotopic (exact) mass is 429 g/mol. The number of hydrogen-bond acceptors (Lipinski definition) is 6. The fourth-order valence-electron chi connectivity index (χ4n) is 4.32. The Morgan fingerprint density at radius 2 is 1.47 bits per heavy atom. The lowest BCUT2D eigenvalue weighted by molar-refractivity contribution is -0.384. The number of para-hydroxylation sites is 1. The summed E-state index contributed by atoms with van der Waals surface area (Å²) >= 11 is 0. The van der Waals surface area contributed by atoms with Gasteiger partial charge in [0.25, 0.3) is 11.6 Å². The second-order valence-corrected chi connectivity index (χ2v) is 7.75. The number of rotatable bonds is 5. The molecule has 5 rings (SSSR count). The molecule has 8 heteroatoms. The van der Waals surface area contributed by atoms with Gasteiger partial charge in [-0.05, 0) is 23.3 Å². The summed E-state index contributed by atoms with van der Waals surface area (Å²) in [5.74, 6) is -1.45. The third-order valence-corrected chi connectivity index (χ3v) is 5.85. The SMILES string of the molecule is O=C1[C@@H]2[C@@H](ON(c3ccccc3)[C@H]2c2ccc([N+](=O)[O-])cc2)C(=O)N1Cc1ccccc1. The quantitative estimate of drug-likeness (QED) is 0.349. The number of nitro groups is 1. The van der Waals surface area contributed by atoms with Crippen LogP contribution < -0.4 is 5.06 Å². The molecule has 0 bridgehead atoms. The molecule has 3 aromatic carbocycles. The number of carbonyl (C=O) groups is 2. The minimum atomic E-state index is -0.952. The van der Waals surface area contributed by atoms with E-state index >= 15 is 0 Å². The van der Waals surface area contributed by atoms with Crippen molar-refractivity contribution in [1.82, 2.24) is 4.90 Å². The number of hydroxylamine groups is 1. The number of fused-ring (bicyclic) bond motifs is 1. The van der Waals surface area contributed by atoms with E-state index in [1.54, 1.807) is 17.2 Å². The maximum Gasteiger partial charge on any atom is 0.269 e. The summed E-state index contributed by atoms with van der Waals surface area (Å²) in [6.45, 7) is 0.174. The largest absolute Gasteiger partial charge is 0.275 e. The topological polar surface area (TPSA) is 93.0 Å². The van der Waals surface area contributed by atoms with Crippen LogP contribution in [0.5, 0.6) is 0 Å². The van der Waals surface area contributed by atoms with E-state index in [-0.39, 0.29) is 24.0 Å². The van der Waals surface area contributed by atoms with Crippen molar-refractivity contribution in [2.75, 3.05) is 5.06 Å². The van der Waals surface area contributed by atoms with Crippen molar-refractivity contribution in [3.8, 4) is 0 Å². The van der Waals surface area contributed by atoms with E-state index in [0.29, 0.717) is 11.3 Å². The Bertz CT molecular complexity index is 1170. The van der Waals surface area contributed by atoms with Crippen LogP contribution in [-0.4, -0.2) is 27.7 Å². The molecule has 2 aliphatic rings. The normalized spacial score (nSPS) is 22.3. The summed E-state index contributed by atoms with van der Waals surface area (Å²) < 4.78 is 0. The van der Waals surface area contributed by atoms with Gasteiger partial charge in [-0.1, -0.05) is 60.7 Å². The van der Waals surface area contributed by atoms with Crippen LogP contribution in [0, 0.1) is 16.0 Å². The van der Waals surface area contributed by atoms with Crippen molar-refractivity contribution in [1.29, 1.82) is 0 Å². The van der Waals surface area contributed by atoms with Crippen molar-refractivity contribution < 1.29 is 19.3 Å². The molecular formula is C24H19N3O5.